The van der Waals surface area contributed by atoms with Crippen LogP contribution in [-0.2, 0) is 12.8 Å². The van der Waals surface area contributed by atoms with E-state index in [0.717, 1.165) is 12.8 Å². The standard InChI is InChI=1S/C20H21N/c1-3-17-19(15-11-7-5-8-12-15)20(18(4-2)21-17)16-13-9-6-10-14-16/h5-14,21H,3-4H2,1-2H3. The first-order valence-corrected chi connectivity index (χ1v) is 7.69. The lowest BCUT2D eigenvalue weighted by Gasteiger charge is -2.08. The summed E-state index contributed by atoms with van der Waals surface area (Å²) in [5.74, 6) is 0. The summed E-state index contributed by atoms with van der Waals surface area (Å²) < 4.78 is 0. The zero-order chi connectivity index (χ0) is 14.7. The molecule has 1 nitrogen and oxygen atoms in total. The Morgan fingerprint density at radius 3 is 1.33 bits per heavy atom. The van der Waals surface area contributed by atoms with Gasteiger partial charge >= 0.3 is 0 Å². The predicted molar refractivity (Wildman–Crippen MR) is 90.4 cm³/mol. The molecule has 0 spiro atoms. The highest BCUT2D eigenvalue weighted by atomic mass is 14.7. The van der Waals surface area contributed by atoms with E-state index in [9.17, 15) is 0 Å². The van der Waals surface area contributed by atoms with E-state index in [-0.39, 0.29) is 0 Å². The number of aromatic amines is 1. The Morgan fingerprint density at radius 2 is 1.00 bits per heavy atom. The van der Waals surface area contributed by atoms with E-state index in [1.165, 1.54) is 33.6 Å². The molecule has 1 heteroatoms. The highest BCUT2D eigenvalue weighted by Crippen LogP contribution is 2.38. The average Bonchev–Trinajstić information content (AvgIpc) is 2.95. The van der Waals surface area contributed by atoms with Crippen molar-refractivity contribution in [3.05, 3.63) is 72.1 Å². The molecule has 3 rings (SSSR count). The van der Waals surface area contributed by atoms with Gasteiger partial charge in [-0.1, -0.05) is 74.5 Å². The van der Waals surface area contributed by atoms with Crippen molar-refractivity contribution in [3.63, 3.8) is 0 Å². The Labute approximate surface area is 126 Å². The van der Waals surface area contributed by atoms with Gasteiger partial charge in [-0.25, -0.2) is 0 Å². The van der Waals surface area contributed by atoms with Crippen LogP contribution in [0.2, 0.25) is 0 Å². The van der Waals surface area contributed by atoms with Crippen LogP contribution in [0.4, 0.5) is 0 Å². The molecule has 0 aliphatic rings. The van der Waals surface area contributed by atoms with E-state index >= 15 is 0 Å². The van der Waals surface area contributed by atoms with Crippen LogP contribution in [0.3, 0.4) is 0 Å². The van der Waals surface area contributed by atoms with Crippen molar-refractivity contribution >= 4 is 0 Å². The van der Waals surface area contributed by atoms with Crippen molar-refractivity contribution < 1.29 is 0 Å². The monoisotopic (exact) mass is 275 g/mol. The molecule has 0 aliphatic carbocycles. The molecule has 1 aromatic heterocycles. The molecule has 0 unspecified atom stereocenters. The molecule has 0 bridgehead atoms. The number of hydrogen-bond donors (Lipinski definition) is 1. The van der Waals surface area contributed by atoms with Crippen molar-refractivity contribution in [2.45, 2.75) is 26.7 Å². The number of aromatic nitrogens is 1. The van der Waals surface area contributed by atoms with Crippen LogP contribution in [0.5, 0.6) is 0 Å². The highest BCUT2D eigenvalue weighted by Gasteiger charge is 2.18. The lowest BCUT2D eigenvalue weighted by molar-refractivity contribution is 0.996. The third-order valence-electron chi connectivity index (χ3n) is 3.99. The largest absolute Gasteiger partial charge is 0.361 e. The minimum Gasteiger partial charge on any atom is -0.361 e. The van der Waals surface area contributed by atoms with E-state index in [1.807, 2.05) is 0 Å². The van der Waals surface area contributed by atoms with Crippen molar-refractivity contribution in [3.8, 4) is 22.3 Å². The predicted octanol–water partition coefficient (Wildman–Crippen LogP) is 5.47. The lowest BCUT2D eigenvalue weighted by atomic mass is 9.94. The van der Waals surface area contributed by atoms with Crippen molar-refractivity contribution in [1.82, 2.24) is 4.98 Å². The van der Waals surface area contributed by atoms with E-state index in [0.29, 0.717) is 0 Å². The number of H-pyrrole nitrogens is 1. The summed E-state index contributed by atoms with van der Waals surface area (Å²) in [6.07, 6.45) is 2.04. The van der Waals surface area contributed by atoms with Gasteiger partial charge in [0.1, 0.15) is 0 Å². The molecule has 0 aliphatic heterocycles. The minimum atomic E-state index is 1.02. The summed E-state index contributed by atoms with van der Waals surface area (Å²) >= 11 is 0. The molecule has 0 fully saturated rings. The topological polar surface area (TPSA) is 15.8 Å². The summed E-state index contributed by atoms with van der Waals surface area (Å²) in [5.41, 5.74) is 7.98. The summed E-state index contributed by atoms with van der Waals surface area (Å²) in [4.78, 5) is 3.65. The number of aryl methyl sites for hydroxylation is 2. The number of benzene rings is 2. The Balaban J connectivity index is 2.29. The van der Waals surface area contributed by atoms with Gasteiger partial charge in [-0.3, -0.25) is 0 Å². The van der Waals surface area contributed by atoms with Crippen LogP contribution in [0.1, 0.15) is 25.2 Å². The Bertz CT molecular complexity index is 646. The lowest BCUT2D eigenvalue weighted by Crippen LogP contribution is -1.87. The molecule has 21 heavy (non-hydrogen) atoms. The van der Waals surface area contributed by atoms with Crippen LogP contribution in [0.25, 0.3) is 22.3 Å². The van der Waals surface area contributed by atoms with Gasteiger partial charge in [0.15, 0.2) is 0 Å². The van der Waals surface area contributed by atoms with Crippen molar-refractivity contribution in [1.29, 1.82) is 0 Å². The molecule has 1 N–H and O–H groups in total. The first-order chi connectivity index (χ1) is 10.3. The zero-order valence-electron chi connectivity index (χ0n) is 12.7. The van der Waals surface area contributed by atoms with E-state index in [1.54, 1.807) is 0 Å². The quantitative estimate of drug-likeness (QED) is 0.649. The fourth-order valence-corrected chi connectivity index (χ4v) is 2.99. The Kier molecular flexibility index (Phi) is 3.92. The molecular formula is C20H21N. The van der Waals surface area contributed by atoms with Gasteiger partial charge in [0.25, 0.3) is 0 Å². The minimum absolute atomic E-state index is 1.02. The number of hydrogen-bond acceptors (Lipinski definition) is 0. The van der Waals surface area contributed by atoms with Crippen LogP contribution in [0, 0.1) is 0 Å². The van der Waals surface area contributed by atoms with Crippen LogP contribution < -0.4 is 0 Å². The van der Waals surface area contributed by atoms with E-state index < -0.39 is 0 Å². The third kappa shape index (κ3) is 2.52. The zero-order valence-corrected chi connectivity index (χ0v) is 12.7. The fraction of sp³-hybridized carbons (Fsp3) is 0.200. The summed E-state index contributed by atoms with van der Waals surface area (Å²) in [6, 6.07) is 21.4. The highest BCUT2D eigenvalue weighted by molar-refractivity contribution is 5.87. The Morgan fingerprint density at radius 1 is 0.619 bits per heavy atom. The van der Waals surface area contributed by atoms with Gasteiger partial charge in [-0.15, -0.1) is 0 Å². The van der Waals surface area contributed by atoms with E-state index in [4.69, 9.17) is 0 Å². The smallest absolute Gasteiger partial charge is 0.0232 e. The summed E-state index contributed by atoms with van der Waals surface area (Å²) in [5, 5.41) is 0. The van der Waals surface area contributed by atoms with Gasteiger partial charge in [-0.2, -0.15) is 0 Å². The summed E-state index contributed by atoms with van der Waals surface area (Å²) in [7, 11) is 0. The maximum atomic E-state index is 3.65. The van der Waals surface area contributed by atoms with Crippen LogP contribution in [0.15, 0.2) is 60.7 Å². The van der Waals surface area contributed by atoms with Crippen molar-refractivity contribution in [2.24, 2.45) is 0 Å². The Hall–Kier alpha value is -2.28. The molecule has 0 atom stereocenters. The molecule has 3 aromatic rings. The van der Waals surface area contributed by atoms with Gasteiger partial charge < -0.3 is 4.98 Å². The molecular weight excluding hydrogens is 254 g/mol. The van der Waals surface area contributed by atoms with E-state index in [2.05, 4.69) is 79.5 Å². The number of nitrogens with one attached hydrogen (secondary N) is 1. The SMILES string of the molecule is CCc1[nH]c(CC)c(-c2ccccc2)c1-c1ccccc1. The second-order valence-electron chi connectivity index (χ2n) is 5.27. The molecule has 0 saturated carbocycles. The van der Waals surface area contributed by atoms with Crippen LogP contribution in [-0.4, -0.2) is 4.98 Å². The molecule has 1 heterocycles. The average molecular weight is 275 g/mol. The van der Waals surface area contributed by atoms with Gasteiger partial charge in [0.2, 0.25) is 0 Å². The maximum absolute atomic E-state index is 3.65. The molecule has 106 valence electrons. The van der Waals surface area contributed by atoms with Gasteiger partial charge in [0, 0.05) is 22.5 Å². The molecule has 0 radical (unpaired) electrons. The fourth-order valence-electron chi connectivity index (χ4n) is 2.99. The second kappa shape index (κ2) is 6.01. The maximum Gasteiger partial charge on any atom is 0.0232 e. The summed E-state index contributed by atoms with van der Waals surface area (Å²) in [6.45, 7) is 4.43. The van der Waals surface area contributed by atoms with Gasteiger partial charge in [0.05, 0.1) is 0 Å². The first kappa shape index (κ1) is 13.7. The van der Waals surface area contributed by atoms with Crippen molar-refractivity contribution in [2.75, 3.05) is 0 Å². The first-order valence-electron chi connectivity index (χ1n) is 7.69. The second-order valence-corrected chi connectivity index (χ2v) is 5.27. The molecule has 0 saturated heterocycles. The van der Waals surface area contributed by atoms with Crippen LogP contribution >= 0.6 is 0 Å². The number of rotatable bonds is 4. The molecule has 2 aromatic carbocycles. The normalized spacial score (nSPS) is 10.8. The third-order valence-corrected chi connectivity index (χ3v) is 3.99. The molecule has 0 amide bonds. The van der Waals surface area contributed by atoms with Gasteiger partial charge in [-0.05, 0) is 24.0 Å².